The van der Waals surface area contributed by atoms with Crippen LogP contribution in [0.15, 0.2) is 0 Å². The number of hydrogen-bond acceptors (Lipinski definition) is 0. The van der Waals surface area contributed by atoms with Gasteiger partial charge in [-0.15, -0.1) is 0 Å². The van der Waals surface area contributed by atoms with Gasteiger partial charge in [-0.2, -0.15) is 0 Å². The first-order chi connectivity index (χ1) is 7.64. The summed E-state index contributed by atoms with van der Waals surface area (Å²) in [4.78, 5) is 0. The number of rotatable bonds is 8. The molecule has 16 heavy (non-hydrogen) atoms. The van der Waals surface area contributed by atoms with Crippen LogP contribution < -0.4 is 0 Å². The zero-order valence-electron chi connectivity index (χ0n) is 11.8. The molecule has 0 nitrogen and oxygen atoms in total. The van der Waals surface area contributed by atoms with E-state index in [9.17, 15) is 0 Å². The van der Waals surface area contributed by atoms with Gasteiger partial charge in [0.15, 0.2) is 0 Å². The normalized spacial score (nSPS) is 39.0. The fourth-order valence-electron chi connectivity index (χ4n) is 3.98. The second-order valence-corrected chi connectivity index (χ2v) is 6.82. The van der Waals surface area contributed by atoms with E-state index in [1.54, 1.807) is 6.42 Å². The first kappa shape index (κ1) is 12.5. The minimum Gasteiger partial charge on any atom is -0.0654 e. The highest BCUT2D eigenvalue weighted by molar-refractivity contribution is 5.24. The van der Waals surface area contributed by atoms with E-state index in [1.165, 1.54) is 44.4 Å². The molecule has 0 aromatic heterocycles. The van der Waals surface area contributed by atoms with Gasteiger partial charge in [0, 0.05) is 0 Å². The molecule has 0 aromatic rings. The molecular formula is C16H30. The molecule has 2 aliphatic rings. The van der Waals surface area contributed by atoms with Crippen LogP contribution in [0.3, 0.4) is 0 Å². The Morgan fingerprint density at radius 2 is 1.75 bits per heavy atom. The first-order valence-electron chi connectivity index (χ1n) is 7.64. The lowest BCUT2D eigenvalue weighted by Gasteiger charge is -2.18. The standard InChI is InChI=1S/C16H30/c1-5-7-12(3)8-9-13(4)10-14-15-11-16(14,15)6-2/h12-15H,5-11H2,1-4H3. The van der Waals surface area contributed by atoms with Crippen molar-refractivity contribution in [2.45, 2.75) is 72.6 Å². The molecule has 0 heteroatoms. The van der Waals surface area contributed by atoms with Gasteiger partial charge in [-0.3, -0.25) is 0 Å². The summed E-state index contributed by atoms with van der Waals surface area (Å²) in [7, 11) is 0. The third-order valence-electron chi connectivity index (χ3n) is 5.54. The Morgan fingerprint density at radius 1 is 1.06 bits per heavy atom. The summed E-state index contributed by atoms with van der Waals surface area (Å²) < 4.78 is 0. The average Bonchev–Trinajstić information content (AvgIpc) is 3.11. The smallest absolute Gasteiger partial charge is 0.0235 e. The molecule has 2 saturated carbocycles. The summed E-state index contributed by atoms with van der Waals surface area (Å²) in [5, 5.41) is 0. The molecule has 0 N–H and O–H groups in total. The Kier molecular flexibility index (Phi) is 3.66. The van der Waals surface area contributed by atoms with Crippen LogP contribution in [-0.2, 0) is 0 Å². The zero-order chi connectivity index (χ0) is 11.8. The lowest BCUT2D eigenvalue weighted by atomic mass is 9.88. The van der Waals surface area contributed by atoms with Crippen LogP contribution >= 0.6 is 0 Å². The van der Waals surface area contributed by atoms with Crippen molar-refractivity contribution in [3.8, 4) is 0 Å². The zero-order valence-corrected chi connectivity index (χ0v) is 11.8. The monoisotopic (exact) mass is 222 g/mol. The minimum absolute atomic E-state index is 0.892. The maximum Gasteiger partial charge on any atom is -0.0235 e. The molecule has 5 unspecified atom stereocenters. The summed E-state index contributed by atoms with van der Waals surface area (Å²) >= 11 is 0. The Labute approximate surface area is 102 Å². The largest absolute Gasteiger partial charge is 0.0654 e. The molecule has 2 aliphatic carbocycles. The molecule has 2 fully saturated rings. The summed E-state index contributed by atoms with van der Waals surface area (Å²) in [5.74, 6) is 4.27. The molecule has 0 aromatic carbocycles. The molecule has 94 valence electrons. The van der Waals surface area contributed by atoms with Gasteiger partial charge in [-0.25, -0.2) is 0 Å². The van der Waals surface area contributed by atoms with Crippen LogP contribution in [-0.4, -0.2) is 0 Å². The Bertz CT molecular complexity index is 232. The van der Waals surface area contributed by atoms with E-state index in [0.717, 1.165) is 23.2 Å². The highest BCUT2D eigenvalue weighted by Crippen LogP contribution is 2.83. The van der Waals surface area contributed by atoms with E-state index in [4.69, 9.17) is 0 Å². The van der Waals surface area contributed by atoms with Crippen molar-refractivity contribution in [2.24, 2.45) is 29.1 Å². The molecule has 0 aliphatic heterocycles. The van der Waals surface area contributed by atoms with E-state index in [0.29, 0.717) is 0 Å². The van der Waals surface area contributed by atoms with Crippen LogP contribution in [0.5, 0.6) is 0 Å². The fraction of sp³-hybridized carbons (Fsp3) is 1.00. The van der Waals surface area contributed by atoms with Crippen molar-refractivity contribution in [3.63, 3.8) is 0 Å². The van der Waals surface area contributed by atoms with Gasteiger partial charge in [0.25, 0.3) is 0 Å². The van der Waals surface area contributed by atoms with Crippen molar-refractivity contribution in [3.05, 3.63) is 0 Å². The second-order valence-electron chi connectivity index (χ2n) is 6.82. The Morgan fingerprint density at radius 3 is 2.25 bits per heavy atom. The topological polar surface area (TPSA) is 0 Å². The van der Waals surface area contributed by atoms with Crippen LogP contribution in [0.2, 0.25) is 0 Å². The number of hydrogen-bond donors (Lipinski definition) is 0. The van der Waals surface area contributed by atoms with Crippen molar-refractivity contribution in [1.82, 2.24) is 0 Å². The lowest BCUT2D eigenvalue weighted by Crippen LogP contribution is -2.06. The van der Waals surface area contributed by atoms with Crippen LogP contribution in [0, 0.1) is 29.1 Å². The van der Waals surface area contributed by atoms with Crippen molar-refractivity contribution < 1.29 is 0 Å². The van der Waals surface area contributed by atoms with Crippen LogP contribution in [0.4, 0.5) is 0 Å². The molecule has 0 heterocycles. The summed E-state index contributed by atoms with van der Waals surface area (Å²) in [6, 6.07) is 0. The molecule has 0 bridgehead atoms. The Balaban J connectivity index is 1.57. The summed E-state index contributed by atoms with van der Waals surface area (Å²) in [6.07, 6.45) is 10.3. The van der Waals surface area contributed by atoms with Crippen LogP contribution in [0.1, 0.15) is 72.6 Å². The van der Waals surface area contributed by atoms with E-state index < -0.39 is 0 Å². The molecular weight excluding hydrogens is 192 g/mol. The maximum absolute atomic E-state index is 2.49. The highest BCUT2D eigenvalue weighted by Gasteiger charge is 2.76. The molecule has 0 spiro atoms. The average molecular weight is 222 g/mol. The Hall–Kier alpha value is 0. The molecule has 0 radical (unpaired) electrons. The molecule has 0 amide bonds. The first-order valence-corrected chi connectivity index (χ1v) is 7.64. The van der Waals surface area contributed by atoms with Gasteiger partial charge >= 0.3 is 0 Å². The van der Waals surface area contributed by atoms with Gasteiger partial charge in [0.05, 0.1) is 0 Å². The van der Waals surface area contributed by atoms with E-state index in [1.807, 2.05) is 0 Å². The quantitative estimate of drug-likeness (QED) is 0.524. The van der Waals surface area contributed by atoms with Gasteiger partial charge in [-0.1, -0.05) is 53.4 Å². The summed E-state index contributed by atoms with van der Waals surface area (Å²) in [6.45, 7) is 9.62. The van der Waals surface area contributed by atoms with Gasteiger partial charge in [0.2, 0.25) is 0 Å². The van der Waals surface area contributed by atoms with Gasteiger partial charge in [0.1, 0.15) is 0 Å². The molecule has 5 atom stereocenters. The summed E-state index contributed by atoms with van der Waals surface area (Å²) in [5.41, 5.74) is 0.892. The predicted octanol–water partition coefficient (Wildman–Crippen LogP) is 5.28. The third-order valence-corrected chi connectivity index (χ3v) is 5.54. The fourth-order valence-corrected chi connectivity index (χ4v) is 3.98. The van der Waals surface area contributed by atoms with Crippen molar-refractivity contribution in [2.75, 3.05) is 0 Å². The van der Waals surface area contributed by atoms with Crippen molar-refractivity contribution in [1.29, 1.82) is 0 Å². The minimum atomic E-state index is 0.892. The van der Waals surface area contributed by atoms with E-state index in [-0.39, 0.29) is 0 Å². The third kappa shape index (κ3) is 2.31. The molecule has 0 saturated heterocycles. The van der Waals surface area contributed by atoms with E-state index >= 15 is 0 Å². The SMILES string of the molecule is CCCC(C)CCC(C)CC1C2CC12CC. The maximum atomic E-state index is 2.49. The van der Waals surface area contributed by atoms with Crippen molar-refractivity contribution >= 4 is 0 Å². The number of fused-ring (bicyclic) bond motifs is 1. The molecule has 2 rings (SSSR count). The van der Waals surface area contributed by atoms with Gasteiger partial charge < -0.3 is 0 Å². The predicted molar refractivity (Wildman–Crippen MR) is 71.4 cm³/mol. The van der Waals surface area contributed by atoms with Crippen LogP contribution in [0.25, 0.3) is 0 Å². The van der Waals surface area contributed by atoms with E-state index in [2.05, 4.69) is 27.7 Å². The highest BCUT2D eigenvalue weighted by atomic mass is 14.8. The van der Waals surface area contributed by atoms with Gasteiger partial charge in [-0.05, 0) is 48.3 Å². The lowest BCUT2D eigenvalue weighted by molar-refractivity contribution is 0.336. The second kappa shape index (κ2) is 4.70.